The normalized spacial score (nSPS) is 10.7. The second-order valence-electron chi connectivity index (χ2n) is 4.54. The summed E-state index contributed by atoms with van der Waals surface area (Å²) in [6, 6.07) is 9.39. The summed E-state index contributed by atoms with van der Waals surface area (Å²) in [5, 5.41) is 9.00. The monoisotopic (exact) mass is 336 g/mol. The Balaban J connectivity index is 2.32. The number of hydrogen-bond acceptors (Lipinski definition) is 3. The standard InChI is InChI=1S/C17H14ClFO4/c1-22-15-7-2-4-11(8-9-16(20)21)17(15)23-10-12-13(18)5-3-6-14(12)19/h2-9H,10H2,1H3,(H,20,21)/b9-8+. The fourth-order valence-corrected chi connectivity index (χ4v) is 2.17. The highest BCUT2D eigenvalue weighted by molar-refractivity contribution is 6.31. The van der Waals surface area contributed by atoms with Crippen LogP contribution in [0, 0.1) is 5.82 Å². The van der Waals surface area contributed by atoms with Gasteiger partial charge in [-0.1, -0.05) is 29.8 Å². The lowest BCUT2D eigenvalue weighted by molar-refractivity contribution is -0.131. The highest BCUT2D eigenvalue weighted by Crippen LogP contribution is 2.33. The third-order valence-corrected chi connectivity index (χ3v) is 3.41. The molecular formula is C17H14ClFO4. The maximum Gasteiger partial charge on any atom is 0.328 e. The van der Waals surface area contributed by atoms with Crippen LogP contribution in [-0.4, -0.2) is 18.2 Å². The van der Waals surface area contributed by atoms with Gasteiger partial charge in [-0.15, -0.1) is 0 Å². The SMILES string of the molecule is COc1cccc(/C=C/C(=O)O)c1OCc1c(F)cccc1Cl. The van der Waals surface area contributed by atoms with Crippen LogP contribution in [0.25, 0.3) is 6.08 Å². The van der Waals surface area contributed by atoms with Crippen molar-refractivity contribution < 1.29 is 23.8 Å². The molecule has 0 saturated carbocycles. The Bertz CT molecular complexity index is 723. The fourth-order valence-electron chi connectivity index (χ4n) is 1.95. The Hall–Kier alpha value is -2.53. The van der Waals surface area contributed by atoms with Crippen LogP contribution in [0.3, 0.4) is 0 Å². The fraction of sp³-hybridized carbons (Fsp3) is 0.118. The lowest BCUT2D eigenvalue weighted by atomic mass is 10.1. The number of carbonyl (C=O) groups is 1. The number of methoxy groups -OCH3 is 1. The summed E-state index contributed by atoms with van der Waals surface area (Å²) in [6.07, 6.45) is 2.36. The zero-order valence-electron chi connectivity index (χ0n) is 12.3. The number of carboxylic acids is 1. The largest absolute Gasteiger partial charge is 0.493 e. The summed E-state index contributed by atoms with van der Waals surface area (Å²) in [7, 11) is 1.46. The van der Waals surface area contributed by atoms with Crippen molar-refractivity contribution in [2.45, 2.75) is 6.61 Å². The summed E-state index contributed by atoms with van der Waals surface area (Å²) in [5.41, 5.74) is 0.715. The molecule has 2 rings (SSSR count). The second kappa shape index (κ2) is 7.65. The maximum absolute atomic E-state index is 13.8. The van der Waals surface area contributed by atoms with Crippen molar-refractivity contribution in [3.63, 3.8) is 0 Å². The quantitative estimate of drug-likeness (QED) is 0.805. The number of rotatable bonds is 6. The molecule has 2 aromatic rings. The van der Waals surface area contributed by atoms with Crippen molar-refractivity contribution in [1.82, 2.24) is 0 Å². The number of para-hydroxylation sites is 1. The van der Waals surface area contributed by atoms with E-state index in [4.69, 9.17) is 26.2 Å². The van der Waals surface area contributed by atoms with Gasteiger partial charge >= 0.3 is 5.97 Å². The molecule has 6 heteroatoms. The molecule has 0 fully saturated rings. The van der Waals surface area contributed by atoms with E-state index in [0.29, 0.717) is 17.1 Å². The molecule has 0 aliphatic heterocycles. The Morgan fingerprint density at radius 1 is 1.30 bits per heavy atom. The molecule has 0 aromatic heterocycles. The number of aliphatic carboxylic acids is 1. The van der Waals surface area contributed by atoms with Crippen LogP contribution in [-0.2, 0) is 11.4 Å². The van der Waals surface area contributed by atoms with Gasteiger partial charge in [-0.3, -0.25) is 0 Å². The summed E-state index contributed by atoms with van der Waals surface area (Å²) in [4.78, 5) is 10.7. The van der Waals surface area contributed by atoms with E-state index in [9.17, 15) is 9.18 Å². The molecule has 0 atom stereocenters. The Kier molecular flexibility index (Phi) is 5.60. The lowest BCUT2D eigenvalue weighted by Gasteiger charge is -2.14. The first kappa shape index (κ1) is 16.8. The summed E-state index contributed by atoms with van der Waals surface area (Å²) in [5.74, 6) is -0.845. The second-order valence-corrected chi connectivity index (χ2v) is 4.95. The van der Waals surface area contributed by atoms with Gasteiger partial charge in [-0.05, 0) is 24.3 Å². The molecule has 0 aliphatic carbocycles. The molecule has 0 spiro atoms. The van der Waals surface area contributed by atoms with Crippen LogP contribution in [0.1, 0.15) is 11.1 Å². The lowest BCUT2D eigenvalue weighted by Crippen LogP contribution is -2.02. The molecule has 0 saturated heterocycles. The smallest absolute Gasteiger partial charge is 0.328 e. The molecular weight excluding hydrogens is 323 g/mol. The first-order valence-electron chi connectivity index (χ1n) is 6.66. The van der Waals surface area contributed by atoms with Gasteiger partial charge in [0.1, 0.15) is 12.4 Å². The molecule has 2 aromatic carbocycles. The zero-order chi connectivity index (χ0) is 16.8. The minimum absolute atomic E-state index is 0.111. The van der Waals surface area contributed by atoms with Crippen molar-refractivity contribution in [2.24, 2.45) is 0 Å². The Labute approximate surface area is 137 Å². The van der Waals surface area contributed by atoms with Gasteiger partial charge in [0, 0.05) is 17.2 Å². The van der Waals surface area contributed by atoms with Gasteiger partial charge in [-0.25, -0.2) is 9.18 Å². The molecule has 0 amide bonds. The Morgan fingerprint density at radius 3 is 2.70 bits per heavy atom. The molecule has 23 heavy (non-hydrogen) atoms. The van der Waals surface area contributed by atoms with Crippen LogP contribution in [0.4, 0.5) is 4.39 Å². The van der Waals surface area contributed by atoms with Crippen LogP contribution in [0.2, 0.25) is 5.02 Å². The van der Waals surface area contributed by atoms with E-state index < -0.39 is 11.8 Å². The van der Waals surface area contributed by atoms with Crippen molar-refractivity contribution >= 4 is 23.6 Å². The molecule has 0 radical (unpaired) electrons. The first-order valence-corrected chi connectivity index (χ1v) is 7.04. The minimum Gasteiger partial charge on any atom is -0.493 e. The van der Waals surface area contributed by atoms with Crippen LogP contribution in [0.5, 0.6) is 11.5 Å². The molecule has 0 unspecified atom stereocenters. The number of halogens is 2. The van der Waals surface area contributed by atoms with Gasteiger partial charge in [0.2, 0.25) is 0 Å². The average molecular weight is 337 g/mol. The van der Waals surface area contributed by atoms with E-state index in [1.54, 1.807) is 24.3 Å². The van der Waals surface area contributed by atoms with Crippen molar-refractivity contribution in [3.05, 3.63) is 64.4 Å². The molecule has 4 nitrogen and oxygen atoms in total. The van der Waals surface area contributed by atoms with Crippen LogP contribution >= 0.6 is 11.6 Å². The van der Waals surface area contributed by atoms with Gasteiger partial charge in [-0.2, -0.15) is 0 Å². The van der Waals surface area contributed by atoms with Crippen molar-refractivity contribution in [1.29, 1.82) is 0 Å². The molecule has 0 aliphatic rings. The van der Waals surface area contributed by atoms with Gasteiger partial charge < -0.3 is 14.6 Å². The van der Waals surface area contributed by atoms with E-state index in [1.165, 1.54) is 25.3 Å². The molecule has 0 heterocycles. The van der Waals surface area contributed by atoms with E-state index in [0.717, 1.165) is 6.08 Å². The van der Waals surface area contributed by atoms with E-state index in [-0.39, 0.29) is 17.2 Å². The first-order chi connectivity index (χ1) is 11.0. The molecule has 1 N–H and O–H groups in total. The number of hydrogen-bond donors (Lipinski definition) is 1. The Morgan fingerprint density at radius 2 is 2.04 bits per heavy atom. The van der Waals surface area contributed by atoms with Crippen molar-refractivity contribution in [2.75, 3.05) is 7.11 Å². The predicted molar refractivity (Wildman–Crippen MR) is 85.4 cm³/mol. The van der Waals surface area contributed by atoms with Gasteiger partial charge in [0.15, 0.2) is 11.5 Å². The zero-order valence-corrected chi connectivity index (χ0v) is 13.0. The highest BCUT2D eigenvalue weighted by atomic mass is 35.5. The summed E-state index contributed by atoms with van der Waals surface area (Å²) >= 11 is 5.97. The van der Waals surface area contributed by atoms with Crippen LogP contribution in [0.15, 0.2) is 42.5 Å². The summed E-state index contributed by atoms with van der Waals surface area (Å²) in [6.45, 7) is -0.111. The third kappa shape index (κ3) is 4.23. The number of carboxylic acid groups (broad SMARTS) is 1. The number of benzene rings is 2. The summed E-state index contributed by atoms with van der Waals surface area (Å²) < 4.78 is 24.7. The minimum atomic E-state index is -1.09. The van der Waals surface area contributed by atoms with Crippen molar-refractivity contribution in [3.8, 4) is 11.5 Å². The molecule has 120 valence electrons. The van der Waals surface area contributed by atoms with Gasteiger partial charge in [0.05, 0.1) is 12.1 Å². The third-order valence-electron chi connectivity index (χ3n) is 3.06. The maximum atomic E-state index is 13.8. The number of ether oxygens (including phenoxy) is 2. The topological polar surface area (TPSA) is 55.8 Å². The predicted octanol–water partition coefficient (Wildman–Crippen LogP) is 4.16. The van der Waals surface area contributed by atoms with E-state index >= 15 is 0 Å². The average Bonchev–Trinajstić information content (AvgIpc) is 2.52. The van der Waals surface area contributed by atoms with Crippen LogP contribution < -0.4 is 9.47 Å². The highest BCUT2D eigenvalue weighted by Gasteiger charge is 2.12. The van der Waals surface area contributed by atoms with Gasteiger partial charge in [0.25, 0.3) is 0 Å². The van der Waals surface area contributed by atoms with E-state index in [2.05, 4.69) is 0 Å². The van der Waals surface area contributed by atoms with E-state index in [1.807, 2.05) is 0 Å². The molecule has 0 bridgehead atoms.